The van der Waals surface area contributed by atoms with Gasteiger partial charge in [0.25, 0.3) is 0 Å². The summed E-state index contributed by atoms with van der Waals surface area (Å²) in [6, 6.07) is 4.14. The Kier molecular flexibility index (Phi) is 5.69. The Morgan fingerprint density at radius 1 is 1.55 bits per heavy atom. The quantitative estimate of drug-likeness (QED) is 0.757. The van der Waals surface area contributed by atoms with E-state index in [4.69, 9.17) is 16.7 Å². The molecule has 1 atom stereocenters. The highest BCUT2D eigenvalue weighted by atomic mass is 35.5. The molecule has 2 amide bonds. The molecule has 0 saturated heterocycles. The first-order chi connectivity index (χ1) is 9.61. The summed E-state index contributed by atoms with van der Waals surface area (Å²) in [5, 5.41) is 11.9. The van der Waals surface area contributed by atoms with Crippen molar-refractivity contribution in [2.45, 2.75) is 44.7 Å². The molecular formula is C14H21ClN2O2S. The fourth-order valence-corrected chi connectivity index (χ4v) is 3.19. The van der Waals surface area contributed by atoms with Crippen LogP contribution in [0.1, 0.15) is 43.5 Å². The van der Waals surface area contributed by atoms with Crippen LogP contribution in [-0.2, 0) is 0 Å². The molecule has 1 saturated carbocycles. The van der Waals surface area contributed by atoms with E-state index in [1.54, 1.807) is 0 Å². The van der Waals surface area contributed by atoms with E-state index >= 15 is 0 Å². The number of rotatable bonds is 7. The number of amides is 2. The van der Waals surface area contributed by atoms with E-state index in [2.05, 4.69) is 5.32 Å². The van der Waals surface area contributed by atoms with Crippen LogP contribution < -0.4 is 5.32 Å². The minimum Gasteiger partial charge on any atom is -0.396 e. The zero-order valence-corrected chi connectivity index (χ0v) is 13.2. The summed E-state index contributed by atoms with van der Waals surface area (Å²) in [6.45, 7) is 2.87. The molecule has 0 bridgehead atoms. The van der Waals surface area contributed by atoms with E-state index in [1.165, 1.54) is 11.3 Å². The predicted molar refractivity (Wildman–Crippen MR) is 82.3 cm³/mol. The number of carbonyl (C=O) groups excluding carboxylic acids is 1. The van der Waals surface area contributed by atoms with Crippen LogP contribution in [0.3, 0.4) is 0 Å². The molecule has 1 aromatic heterocycles. The molecule has 6 heteroatoms. The maximum Gasteiger partial charge on any atom is 0.318 e. The smallest absolute Gasteiger partial charge is 0.318 e. The number of hydrogen-bond donors (Lipinski definition) is 2. The highest BCUT2D eigenvalue weighted by Gasteiger charge is 2.32. The molecule has 1 aliphatic rings. The molecule has 1 fully saturated rings. The van der Waals surface area contributed by atoms with Gasteiger partial charge in [-0.15, -0.1) is 11.3 Å². The van der Waals surface area contributed by atoms with Gasteiger partial charge in [0.1, 0.15) is 0 Å². The van der Waals surface area contributed by atoms with Crippen LogP contribution in [-0.4, -0.2) is 35.2 Å². The molecule has 0 aliphatic heterocycles. The Morgan fingerprint density at radius 3 is 2.85 bits per heavy atom. The summed E-state index contributed by atoms with van der Waals surface area (Å²) in [7, 11) is 0. The van der Waals surface area contributed by atoms with Gasteiger partial charge in [-0.25, -0.2) is 4.79 Å². The second-order valence-electron chi connectivity index (χ2n) is 5.17. The van der Waals surface area contributed by atoms with E-state index < -0.39 is 0 Å². The molecule has 1 unspecified atom stereocenters. The lowest BCUT2D eigenvalue weighted by Gasteiger charge is -2.24. The van der Waals surface area contributed by atoms with Crippen LogP contribution in [0.4, 0.5) is 4.79 Å². The highest BCUT2D eigenvalue weighted by molar-refractivity contribution is 7.16. The summed E-state index contributed by atoms with van der Waals surface area (Å²) in [5.41, 5.74) is 0. The molecule has 1 aromatic rings. The van der Waals surface area contributed by atoms with Crippen LogP contribution >= 0.6 is 22.9 Å². The summed E-state index contributed by atoms with van der Waals surface area (Å²) >= 11 is 7.41. The van der Waals surface area contributed by atoms with E-state index in [-0.39, 0.29) is 18.7 Å². The fraction of sp³-hybridized carbons (Fsp3) is 0.643. The second kappa shape index (κ2) is 7.29. The normalized spacial score (nSPS) is 15.9. The summed E-state index contributed by atoms with van der Waals surface area (Å²) < 4.78 is 0.739. The number of nitrogens with zero attached hydrogens (tertiary/aromatic N) is 1. The van der Waals surface area contributed by atoms with Crippen molar-refractivity contribution in [3.8, 4) is 0 Å². The van der Waals surface area contributed by atoms with Crippen molar-refractivity contribution in [1.82, 2.24) is 10.2 Å². The zero-order chi connectivity index (χ0) is 14.5. The van der Waals surface area contributed by atoms with Crippen LogP contribution in [0.15, 0.2) is 12.1 Å². The predicted octanol–water partition coefficient (Wildman–Crippen LogP) is 3.41. The van der Waals surface area contributed by atoms with Crippen molar-refractivity contribution >= 4 is 29.0 Å². The van der Waals surface area contributed by atoms with Gasteiger partial charge in [-0.3, -0.25) is 0 Å². The number of urea groups is 1. The molecule has 0 radical (unpaired) electrons. The summed E-state index contributed by atoms with van der Waals surface area (Å²) in [6.07, 6.45) is 3.77. The topological polar surface area (TPSA) is 52.6 Å². The molecule has 1 aliphatic carbocycles. The van der Waals surface area contributed by atoms with Crippen LogP contribution in [0.5, 0.6) is 0 Å². The van der Waals surface area contributed by atoms with Crippen molar-refractivity contribution in [2.24, 2.45) is 0 Å². The van der Waals surface area contributed by atoms with Gasteiger partial charge in [0.05, 0.1) is 10.4 Å². The Morgan fingerprint density at radius 2 is 2.30 bits per heavy atom. The van der Waals surface area contributed by atoms with Crippen molar-refractivity contribution < 1.29 is 9.90 Å². The maximum absolute atomic E-state index is 12.3. The standard InChI is InChI=1S/C14H21ClN2O2S/c1-10(12-6-7-13(15)20-12)16-14(19)17(11-4-5-11)8-2-3-9-18/h6-7,10-11,18H,2-5,8-9H2,1H3,(H,16,19). The van der Waals surface area contributed by atoms with E-state index in [0.29, 0.717) is 6.04 Å². The average Bonchev–Trinajstić information content (AvgIpc) is 3.15. The highest BCUT2D eigenvalue weighted by Crippen LogP contribution is 2.29. The first kappa shape index (κ1) is 15.6. The molecular weight excluding hydrogens is 296 g/mol. The minimum atomic E-state index is -0.0286. The summed E-state index contributed by atoms with van der Waals surface area (Å²) in [5.74, 6) is 0. The zero-order valence-electron chi connectivity index (χ0n) is 11.6. The van der Waals surface area contributed by atoms with Crippen molar-refractivity contribution in [1.29, 1.82) is 0 Å². The molecule has 4 nitrogen and oxygen atoms in total. The van der Waals surface area contributed by atoms with Gasteiger partial charge in [0.2, 0.25) is 0 Å². The van der Waals surface area contributed by atoms with E-state index in [1.807, 2.05) is 24.0 Å². The number of nitrogens with one attached hydrogen (secondary N) is 1. The van der Waals surface area contributed by atoms with E-state index in [9.17, 15) is 4.79 Å². The third-order valence-electron chi connectivity index (χ3n) is 3.42. The van der Waals surface area contributed by atoms with Crippen molar-refractivity contribution in [3.05, 3.63) is 21.3 Å². The van der Waals surface area contributed by atoms with Crippen LogP contribution in [0, 0.1) is 0 Å². The number of aliphatic hydroxyl groups excluding tert-OH is 1. The Balaban J connectivity index is 1.87. The third-order valence-corrected chi connectivity index (χ3v) is 4.83. The Bertz CT molecular complexity index is 448. The molecule has 0 aromatic carbocycles. The van der Waals surface area contributed by atoms with Crippen LogP contribution in [0.25, 0.3) is 0 Å². The van der Waals surface area contributed by atoms with Gasteiger partial charge < -0.3 is 15.3 Å². The van der Waals surface area contributed by atoms with Gasteiger partial charge in [-0.2, -0.15) is 0 Å². The van der Waals surface area contributed by atoms with Gasteiger partial charge in [0.15, 0.2) is 0 Å². The first-order valence-electron chi connectivity index (χ1n) is 7.05. The second-order valence-corrected chi connectivity index (χ2v) is 6.91. The molecule has 1 heterocycles. The number of unbranched alkanes of at least 4 members (excludes halogenated alkanes) is 1. The van der Waals surface area contributed by atoms with Crippen molar-refractivity contribution in [3.63, 3.8) is 0 Å². The molecule has 0 spiro atoms. The number of aliphatic hydroxyl groups is 1. The number of thiophene rings is 1. The van der Waals surface area contributed by atoms with Gasteiger partial charge in [0, 0.05) is 24.1 Å². The lowest BCUT2D eigenvalue weighted by Crippen LogP contribution is -2.42. The van der Waals surface area contributed by atoms with Gasteiger partial charge in [-0.05, 0) is 44.7 Å². The number of hydrogen-bond acceptors (Lipinski definition) is 3. The SMILES string of the molecule is CC(NC(=O)N(CCCCO)C1CC1)c1ccc(Cl)s1. The maximum atomic E-state index is 12.3. The number of halogens is 1. The Hall–Kier alpha value is -0.780. The number of carbonyl (C=O) groups is 1. The Labute approximate surface area is 128 Å². The van der Waals surface area contributed by atoms with Gasteiger partial charge in [-0.1, -0.05) is 11.6 Å². The summed E-state index contributed by atoms with van der Waals surface area (Å²) in [4.78, 5) is 15.3. The molecule has 2 rings (SSSR count). The average molecular weight is 317 g/mol. The lowest BCUT2D eigenvalue weighted by atomic mass is 10.2. The molecule has 2 N–H and O–H groups in total. The molecule has 112 valence electrons. The van der Waals surface area contributed by atoms with Crippen molar-refractivity contribution in [2.75, 3.05) is 13.2 Å². The van der Waals surface area contributed by atoms with Gasteiger partial charge >= 0.3 is 6.03 Å². The van der Waals surface area contributed by atoms with E-state index in [0.717, 1.165) is 41.4 Å². The third kappa shape index (κ3) is 4.36. The first-order valence-corrected chi connectivity index (χ1v) is 8.24. The molecule has 20 heavy (non-hydrogen) atoms. The monoisotopic (exact) mass is 316 g/mol. The minimum absolute atomic E-state index is 0.0116. The largest absolute Gasteiger partial charge is 0.396 e. The van der Waals surface area contributed by atoms with Crippen LogP contribution in [0.2, 0.25) is 4.34 Å². The fourth-order valence-electron chi connectivity index (χ4n) is 2.13. The lowest BCUT2D eigenvalue weighted by molar-refractivity contribution is 0.187.